The molecule has 1 aromatic heterocycles. The third kappa shape index (κ3) is 3.62. The number of benzene rings is 2. The molecule has 124 valence electrons. The van der Waals surface area contributed by atoms with Crippen LogP contribution in [0.3, 0.4) is 0 Å². The molecule has 24 heavy (non-hydrogen) atoms. The van der Waals surface area contributed by atoms with Gasteiger partial charge in [-0.05, 0) is 24.6 Å². The zero-order valence-corrected chi connectivity index (χ0v) is 14.0. The van der Waals surface area contributed by atoms with Gasteiger partial charge in [0.2, 0.25) is 0 Å². The molecule has 6 heteroatoms. The minimum Gasteiger partial charge on any atom is -0.383 e. The second-order valence-electron chi connectivity index (χ2n) is 5.62. The number of para-hydroxylation sites is 1. The molecular formula is C18H18N2O3S. The Kier molecular flexibility index (Phi) is 4.89. The van der Waals surface area contributed by atoms with Gasteiger partial charge in [-0.15, -0.1) is 11.3 Å². The largest absolute Gasteiger partial charge is 0.383 e. The molecule has 0 aliphatic heterocycles. The van der Waals surface area contributed by atoms with E-state index in [4.69, 9.17) is 0 Å². The zero-order valence-electron chi connectivity index (χ0n) is 13.1. The lowest BCUT2D eigenvalue weighted by Gasteiger charge is -2.15. The van der Waals surface area contributed by atoms with Crippen molar-refractivity contribution in [2.24, 2.45) is 0 Å². The molecular weight excluding hydrogens is 324 g/mol. The predicted molar refractivity (Wildman–Crippen MR) is 93.6 cm³/mol. The van der Waals surface area contributed by atoms with Crippen LogP contribution >= 0.6 is 11.3 Å². The van der Waals surface area contributed by atoms with Gasteiger partial charge in [0.15, 0.2) is 6.10 Å². The first kappa shape index (κ1) is 16.6. The van der Waals surface area contributed by atoms with E-state index in [0.717, 1.165) is 21.3 Å². The van der Waals surface area contributed by atoms with Crippen molar-refractivity contribution in [2.45, 2.75) is 25.7 Å². The average molecular weight is 342 g/mol. The first-order chi connectivity index (χ1) is 11.5. The topological polar surface area (TPSA) is 82.5 Å². The fraction of sp³-hybridized carbons (Fsp3) is 0.222. The van der Waals surface area contributed by atoms with Gasteiger partial charge in [0.1, 0.15) is 11.1 Å². The van der Waals surface area contributed by atoms with Gasteiger partial charge in [-0.1, -0.05) is 42.0 Å². The van der Waals surface area contributed by atoms with Crippen LogP contribution in [0.15, 0.2) is 48.5 Å². The molecule has 0 spiro atoms. The summed E-state index contributed by atoms with van der Waals surface area (Å²) >= 11 is 1.27. The SMILES string of the molecule is Cc1cccc(CNC(=O)C(O)C(O)c2nc3ccccc3s2)c1. The van der Waals surface area contributed by atoms with Gasteiger partial charge in [0, 0.05) is 6.54 Å². The van der Waals surface area contributed by atoms with Crippen LogP contribution in [0.2, 0.25) is 0 Å². The number of carbonyl (C=O) groups is 1. The van der Waals surface area contributed by atoms with Crippen molar-refractivity contribution in [3.63, 3.8) is 0 Å². The minimum absolute atomic E-state index is 0.296. The van der Waals surface area contributed by atoms with Crippen LogP contribution < -0.4 is 5.32 Å². The molecule has 3 aromatic rings. The number of hydrogen-bond acceptors (Lipinski definition) is 5. The zero-order chi connectivity index (χ0) is 17.1. The van der Waals surface area contributed by atoms with Gasteiger partial charge in [0.05, 0.1) is 10.2 Å². The van der Waals surface area contributed by atoms with Crippen LogP contribution in [0.25, 0.3) is 10.2 Å². The van der Waals surface area contributed by atoms with E-state index in [2.05, 4.69) is 10.3 Å². The summed E-state index contributed by atoms with van der Waals surface area (Å²) in [5, 5.41) is 23.3. The second kappa shape index (κ2) is 7.09. The van der Waals surface area contributed by atoms with Gasteiger partial charge in [-0.2, -0.15) is 0 Å². The first-order valence-electron chi connectivity index (χ1n) is 7.59. The van der Waals surface area contributed by atoms with Gasteiger partial charge < -0.3 is 15.5 Å². The Hall–Kier alpha value is -2.28. The van der Waals surface area contributed by atoms with Crippen LogP contribution in [0.1, 0.15) is 22.2 Å². The molecule has 5 nitrogen and oxygen atoms in total. The number of aliphatic hydroxyl groups excluding tert-OH is 2. The molecule has 1 heterocycles. The lowest BCUT2D eigenvalue weighted by atomic mass is 10.1. The van der Waals surface area contributed by atoms with E-state index in [1.165, 1.54) is 11.3 Å². The van der Waals surface area contributed by atoms with Gasteiger partial charge in [-0.3, -0.25) is 4.79 Å². The van der Waals surface area contributed by atoms with E-state index in [1.807, 2.05) is 55.5 Å². The summed E-state index contributed by atoms with van der Waals surface area (Å²) in [7, 11) is 0. The summed E-state index contributed by atoms with van der Waals surface area (Å²) in [4.78, 5) is 16.4. The number of thiazole rings is 1. The molecule has 0 aliphatic carbocycles. The smallest absolute Gasteiger partial charge is 0.252 e. The highest BCUT2D eigenvalue weighted by atomic mass is 32.1. The number of fused-ring (bicyclic) bond motifs is 1. The first-order valence-corrected chi connectivity index (χ1v) is 8.41. The number of carbonyl (C=O) groups excluding carboxylic acids is 1. The Morgan fingerprint density at radius 3 is 2.75 bits per heavy atom. The predicted octanol–water partition coefficient (Wildman–Crippen LogP) is 2.32. The summed E-state index contributed by atoms with van der Waals surface area (Å²) in [6, 6.07) is 15.2. The molecule has 1 amide bonds. The lowest BCUT2D eigenvalue weighted by Crippen LogP contribution is -2.38. The summed E-state index contributed by atoms with van der Waals surface area (Å²) in [6.45, 7) is 2.27. The van der Waals surface area contributed by atoms with Crippen LogP contribution in [0.4, 0.5) is 0 Å². The van der Waals surface area contributed by atoms with Gasteiger partial charge in [-0.25, -0.2) is 4.98 Å². The van der Waals surface area contributed by atoms with Crippen molar-refractivity contribution >= 4 is 27.5 Å². The highest BCUT2D eigenvalue weighted by Gasteiger charge is 2.28. The third-order valence-electron chi connectivity index (χ3n) is 3.68. The maximum atomic E-state index is 12.1. The minimum atomic E-state index is -1.56. The highest BCUT2D eigenvalue weighted by Crippen LogP contribution is 2.27. The molecule has 3 rings (SSSR count). The number of nitrogens with one attached hydrogen (secondary N) is 1. The molecule has 0 radical (unpaired) electrons. The van der Waals surface area contributed by atoms with Crippen molar-refractivity contribution in [1.29, 1.82) is 0 Å². The number of hydrogen-bond donors (Lipinski definition) is 3. The summed E-state index contributed by atoms with van der Waals surface area (Å²) in [6.07, 6.45) is -2.91. The summed E-state index contributed by atoms with van der Waals surface area (Å²) < 4.78 is 0.902. The van der Waals surface area contributed by atoms with E-state index >= 15 is 0 Å². The van der Waals surface area contributed by atoms with Gasteiger partial charge in [0.25, 0.3) is 5.91 Å². The van der Waals surface area contributed by atoms with Gasteiger partial charge >= 0.3 is 0 Å². The number of rotatable bonds is 5. The van der Waals surface area contributed by atoms with Crippen molar-refractivity contribution in [3.05, 3.63) is 64.7 Å². The van der Waals surface area contributed by atoms with Crippen molar-refractivity contribution in [1.82, 2.24) is 10.3 Å². The van der Waals surface area contributed by atoms with E-state index < -0.39 is 18.1 Å². The maximum Gasteiger partial charge on any atom is 0.252 e. The molecule has 0 fully saturated rings. The Bertz CT molecular complexity index is 829. The third-order valence-corrected chi connectivity index (χ3v) is 4.79. The van der Waals surface area contributed by atoms with Crippen molar-refractivity contribution in [2.75, 3.05) is 0 Å². The standard InChI is InChI=1S/C18H18N2O3S/c1-11-5-4-6-12(9-11)10-19-17(23)15(21)16(22)18-20-13-7-2-3-8-14(13)24-18/h2-9,15-16,21-22H,10H2,1H3,(H,19,23). The molecule has 2 unspecified atom stereocenters. The number of aryl methyl sites for hydroxylation is 1. The van der Waals surface area contributed by atoms with E-state index in [-0.39, 0.29) is 0 Å². The van der Waals surface area contributed by atoms with Crippen LogP contribution in [-0.2, 0) is 11.3 Å². The van der Waals surface area contributed by atoms with Crippen LogP contribution in [0.5, 0.6) is 0 Å². The quantitative estimate of drug-likeness (QED) is 0.664. The molecule has 0 aliphatic rings. The second-order valence-corrected chi connectivity index (χ2v) is 6.68. The fourth-order valence-corrected chi connectivity index (χ4v) is 3.39. The number of amides is 1. The Morgan fingerprint density at radius 2 is 2.00 bits per heavy atom. The molecule has 3 N–H and O–H groups in total. The molecule has 0 bridgehead atoms. The van der Waals surface area contributed by atoms with Crippen molar-refractivity contribution in [3.8, 4) is 0 Å². The number of nitrogens with zero attached hydrogens (tertiary/aromatic N) is 1. The monoisotopic (exact) mass is 342 g/mol. The van der Waals surface area contributed by atoms with E-state index in [9.17, 15) is 15.0 Å². The highest BCUT2D eigenvalue weighted by molar-refractivity contribution is 7.18. The summed E-state index contributed by atoms with van der Waals surface area (Å²) in [5.74, 6) is -0.622. The molecule has 0 saturated heterocycles. The van der Waals surface area contributed by atoms with Crippen LogP contribution in [0, 0.1) is 6.92 Å². The molecule has 2 aromatic carbocycles. The van der Waals surface area contributed by atoms with Crippen LogP contribution in [-0.4, -0.2) is 27.2 Å². The molecule has 2 atom stereocenters. The Labute approximate surface area is 143 Å². The Balaban J connectivity index is 1.66. The van der Waals surface area contributed by atoms with E-state index in [1.54, 1.807) is 0 Å². The average Bonchev–Trinajstić information content (AvgIpc) is 3.02. The maximum absolute atomic E-state index is 12.1. The summed E-state index contributed by atoms with van der Waals surface area (Å²) in [5.41, 5.74) is 2.77. The lowest BCUT2D eigenvalue weighted by molar-refractivity contribution is -0.135. The van der Waals surface area contributed by atoms with Crippen molar-refractivity contribution < 1.29 is 15.0 Å². The fourth-order valence-electron chi connectivity index (χ4n) is 2.41. The number of aliphatic hydroxyl groups is 2. The molecule has 0 saturated carbocycles. The normalized spacial score (nSPS) is 13.6. The van der Waals surface area contributed by atoms with E-state index in [0.29, 0.717) is 11.6 Å². The number of aromatic nitrogens is 1. The Morgan fingerprint density at radius 1 is 1.21 bits per heavy atom.